The molecule has 0 saturated heterocycles. The molecule has 1 aromatic rings. The van der Waals surface area contributed by atoms with Crippen LogP contribution in [0.1, 0.15) is 12.6 Å². The topological polar surface area (TPSA) is 31.4 Å². The molecule has 1 atom stereocenters. The zero-order chi connectivity index (χ0) is 8.97. The van der Waals surface area contributed by atoms with Crippen molar-refractivity contribution in [3.05, 3.63) is 23.9 Å². The van der Waals surface area contributed by atoms with E-state index < -0.39 is 0 Å². The first kappa shape index (κ1) is 9.00. The van der Waals surface area contributed by atoms with Crippen molar-refractivity contribution in [2.75, 3.05) is 7.11 Å². The molecule has 1 rings (SSSR count). The van der Waals surface area contributed by atoms with Gasteiger partial charge in [0.15, 0.2) is 6.29 Å². The molecule has 0 aliphatic rings. The van der Waals surface area contributed by atoms with Crippen LogP contribution < -0.4 is 4.74 Å². The summed E-state index contributed by atoms with van der Waals surface area (Å²) in [4.78, 5) is 4.10. The highest BCUT2D eigenvalue weighted by molar-refractivity contribution is 5.13. The van der Waals surface area contributed by atoms with Crippen molar-refractivity contribution >= 4 is 0 Å². The van der Waals surface area contributed by atoms with Gasteiger partial charge < -0.3 is 9.47 Å². The van der Waals surface area contributed by atoms with Crippen LogP contribution in [0.15, 0.2) is 12.1 Å². The minimum absolute atomic E-state index is 0.265. The van der Waals surface area contributed by atoms with Gasteiger partial charge in [-0.05, 0) is 19.9 Å². The molecule has 1 radical (unpaired) electrons. The zero-order valence-electron chi connectivity index (χ0n) is 7.50. The van der Waals surface area contributed by atoms with E-state index >= 15 is 0 Å². The smallest absolute Gasteiger partial charge is 0.215 e. The van der Waals surface area contributed by atoms with Gasteiger partial charge in [0, 0.05) is 24.9 Å². The third-order valence-corrected chi connectivity index (χ3v) is 1.41. The van der Waals surface area contributed by atoms with Crippen LogP contribution in [0, 0.1) is 13.0 Å². The molecule has 0 N–H and O–H groups in total. The van der Waals surface area contributed by atoms with E-state index in [2.05, 4.69) is 11.1 Å². The van der Waals surface area contributed by atoms with Gasteiger partial charge in [-0.3, -0.25) is 0 Å². The van der Waals surface area contributed by atoms with Crippen LogP contribution in [0.2, 0.25) is 0 Å². The molecule has 3 heteroatoms. The molecular weight excluding hydrogens is 154 g/mol. The summed E-state index contributed by atoms with van der Waals surface area (Å²) in [6, 6.07) is 6.46. The summed E-state index contributed by atoms with van der Waals surface area (Å²) in [5, 5.41) is 0. The predicted molar refractivity (Wildman–Crippen MR) is 44.9 cm³/mol. The highest BCUT2D eigenvalue weighted by Gasteiger charge is 2.01. The summed E-state index contributed by atoms with van der Waals surface area (Å²) >= 11 is 0. The van der Waals surface area contributed by atoms with E-state index in [1.165, 1.54) is 0 Å². The van der Waals surface area contributed by atoms with Gasteiger partial charge in [-0.2, -0.15) is 0 Å². The van der Waals surface area contributed by atoms with Crippen molar-refractivity contribution in [2.45, 2.75) is 20.1 Å². The lowest BCUT2D eigenvalue weighted by atomic mass is 10.4. The SMILES string of the molecule is COC(C)Oc1cc[c]c(C)n1. The maximum atomic E-state index is 5.29. The molecule has 0 fully saturated rings. The first-order valence-corrected chi connectivity index (χ1v) is 3.77. The Hall–Kier alpha value is -1.09. The number of aryl methyl sites for hydroxylation is 1. The summed E-state index contributed by atoms with van der Waals surface area (Å²) < 4.78 is 10.2. The van der Waals surface area contributed by atoms with Crippen molar-refractivity contribution in [3.63, 3.8) is 0 Å². The Morgan fingerprint density at radius 2 is 2.33 bits per heavy atom. The van der Waals surface area contributed by atoms with Crippen molar-refractivity contribution in [2.24, 2.45) is 0 Å². The van der Waals surface area contributed by atoms with E-state index in [9.17, 15) is 0 Å². The Balaban J connectivity index is 2.63. The quantitative estimate of drug-likeness (QED) is 0.638. The molecule has 0 saturated carbocycles. The van der Waals surface area contributed by atoms with E-state index in [1.54, 1.807) is 19.2 Å². The molecule has 0 aliphatic heterocycles. The average molecular weight is 166 g/mol. The number of ether oxygens (including phenoxy) is 2. The maximum absolute atomic E-state index is 5.29. The molecule has 3 nitrogen and oxygen atoms in total. The monoisotopic (exact) mass is 166 g/mol. The van der Waals surface area contributed by atoms with Crippen LogP contribution in [0.5, 0.6) is 5.88 Å². The molecule has 0 aromatic carbocycles. The fourth-order valence-electron chi connectivity index (χ4n) is 0.752. The first-order valence-electron chi connectivity index (χ1n) is 3.77. The van der Waals surface area contributed by atoms with Gasteiger partial charge in [0.25, 0.3) is 0 Å². The summed E-state index contributed by atoms with van der Waals surface area (Å²) in [5.41, 5.74) is 0.816. The van der Waals surface area contributed by atoms with Crippen molar-refractivity contribution in [3.8, 4) is 5.88 Å². The third kappa shape index (κ3) is 2.51. The second-order valence-corrected chi connectivity index (χ2v) is 2.43. The predicted octanol–water partition coefficient (Wildman–Crippen LogP) is 1.56. The number of pyridine rings is 1. The first-order chi connectivity index (χ1) is 5.72. The van der Waals surface area contributed by atoms with Crippen molar-refractivity contribution in [1.82, 2.24) is 4.98 Å². The van der Waals surface area contributed by atoms with Crippen molar-refractivity contribution in [1.29, 1.82) is 0 Å². The van der Waals surface area contributed by atoms with Gasteiger partial charge >= 0.3 is 0 Å². The Bertz CT molecular complexity index is 250. The lowest BCUT2D eigenvalue weighted by Gasteiger charge is -2.11. The molecule has 1 aromatic heterocycles. The van der Waals surface area contributed by atoms with Crippen LogP contribution in [0.4, 0.5) is 0 Å². The molecular formula is C9H12NO2. The fraction of sp³-hybridized carbons (Fsp3) is 0.444. The van der Waals surface area contributed by atoms with Gasteiger partial charge in [-0.25, -0.2) is 4.98 Å². The van der Waals surface area contributed by atoms with Gasteiger partial charge in [-0.15, -0.1) is 0 Å². The molecule has 12 heavy (non-hydrogen) atoms. The molecule has 0 bridgehead atoms. The number of methoxy groups -OCH3 is 1. The lowest BCUT2D eigenvalue weighted by molar-refractivity contribution is -0.0410. The van der Waals surface area contributed by atoms with E-state index in [-0.39, 0.29) is 6.29 Å². The summed E-state index contributed by atoms with van der Waals surface area (Å²) in [6.45, 7) is 3.68. The third-order valence-electron chi connectivity index (χ3n) is 1.41. The number of hydrogen-bond acceptors (Lipinski definition) is 3. The molecule has 65 valence electrons. The highest BCUT2D eigenvalue weighted by atomic mass is 16.7. The van der Waals surface area contributed by atoms with Gasteiger partial charge in [-0.1, -0.05) is 0 Å². The summed E-state index contributed by atoms with van der Waals surface area (Å²) in [6.07, 6.45) is -0.265. The summed E-state index contributed by atoms with van der Waals surface area (Å²) in [5.74, 6) is 0.570. The van der Waals surface area contributed by atoms with E-state index in [1.807, 2.05) is 13.8 Å². The van der Waals surface area contributed by atoms with Crippen LogP contribution in [0.25, 0.3) is 0 Å². The highest BCUT2D eigenvalue weighted by Crippen LogP contribution is 2.08. The van der Waals surface area contributed by atoms with Gasteiger partial charge in [0.1, 0.15) is 0 Å². The molecule has 0 aliphatic carbocycles. The second-order valence-electron chi connectivity index (χ2n) is 2.43. The standard InChI is InChI=1S/C9H12NO2/c1-7-5-4-6-9(10-7)12-8(2)11-3/h4,6,8H,1-3H3. The van der Waals surface area contributed by atoms with E-state index in [4.69, 9.17) is 9.47 Å². The molecule has 0 spiro atoms. The molecule has 0 amide bonds. The Morgan fingerprint density at radius 1 is 1.58 bits per heavy atom. The molecule has 1 unspecified atom stereocenters. The molecule has 1 heterocycles. The van der Waals surface area contributed by atoms with E-state index in [0.29, 0.717) is 5.88 Å². The average Bonchev–Trinajstić information content (AvgIpc) is 2.04. The van der Waals surface area contributed by atoms with Crippen LogP contribution >= 0.6 is 0 Å². The normalized spacial score (nSPS) is 12.6. The lowest BCUT2D eigenvalue weighted by Crippen LogP contribution is -2.14. The minimum Gasteiger partial charge on any atom is -0.448 e. The maximum Gasteiger partial charge on any atom is 0.215 e. The fourth-order valence-corrected chi connectivity index (χ4v) is 0.752. The second kappa shape index (κ2) is 4.07. The largest absolute Gasteiger partial charge is 0.448 e. The van der Waals surface area contributed by atoms with E-state index in [0.717, 1.165) is 5.69 Å². The Labute approximate surface area is 72.3 Å². The minimum atomic E-state index is -0.265. The zero-order valence-corrected chi connectivity index (χ0v) is 7.50. The summed E-state index contributed by atoms with van der Waals surface area (Å²) in [7, 11) is 1.59. The number of hydrogen-bond donors (Lipinski definition) is 0. The van der Waals surface area contributed by atoms with Crippen LogP contribution in [0.3, 0.4) is 0 Å². The van der Waals surface area contributed by atoms with Crippen molar-refractivity contribution < 1.29 is 9.47 Å². The Morgan fingerprint density at radius 3 is 2.92 bits per heavy atom. The van der Waals surface area contributed by atoms with Gasteiger partial charge in [0.2, 0.25) is 5.88 Å². The Kier molecular flexibility index (Phi) is 3.05. The number of aromatic nitrogens is 1. The number of rotatable bonds is 3. The van der Waals surface area contributed by atoms with Gasteiger partial charge in [0.05, 0.1) is 0 Å². The number of nitrogens with zero attached hydrogens (tertiary/aromatic N) is 1. The van der Waals surface area contributed by atoms with Crippen LogP contribution in [-0.2, 0) is 4.74 Å². The van der Waals surface area contributed by atoms with Crippen LogP contribution in [-0.4, -0.2) is 18.4 Å².